The maximum absolute atomic E-state index is 4.65. The molecule has 5 nitrogen and oxygen atoms in total. The van der Waals surface area contributed by atoms with Crippen LogP contribution in [0.2, 0.25) is 0 Å². The fraction of sp³-hybridized carbons (Fsp3) is 0.375. The number of hydrogen-bond donors (Lipinski definition) is 1. The molecule has 0 spiro atoms. The van der Waals surface area contributed by atoms with Crippen molar-refractivity contribution in [3.8, 4) is 0 Å². The third kappa shape index (κ3) is 3.56. The molecule has 0 saturated carbocycles. The van der Waals surface area contributed by atoms with Crippen LogP contribution < -0.4 is 10.2 Å². The molecule has 3 rings (SSSR count). The van der Waals surface area contributed by atoms with E-state index in [0.717, 1.165) is 54.7 Å². The molecule has 22 heavy (non-hydrogen) atoms. The Labute approximate surface area is 139 Å². The van der Waals surface area contributed by atoms with Crippen molar-refractivity contribution >= 4 is 33.4 Å². The zero-order valence-corrected chi connectivity index (χ0v) is 14.3. The Balaban J connectivity index is 1.72. The number of para-hydroxylation sites is 1. The van der Waals surface area contributed by atoms with E-state index in [9.17, 15) is 0 Å². The minimum atomic E-state index is 0.799. The van der Waals surface area contributed by atoms with E-state index in [1.165, 1.54) is 0 Å². The van der Waals surface area contributed by atoms with Gasteiger partial charge in [0, 0.05) is 36.8 Å². The molecule has 1 aliphatic heterocycles. The van der Waals surface area contributed by atoms with Crippen molar-refractivity contribution < 1.29 is 0 Å². The summed E-state index contributed by atoms with van der Waals surface area (Å²) in [6.07, 6.45) is 1.81. The maximum atomic E-state index is 4.65. The molecule has 2 heterocycles. The second kappa shape index (κ2) is 7.07. The van der Waals surface area contributed by atoms with Crippen molar-refractivity contribution in [3.63, 3.8) is 0 Å². The lowest BCUT2D eigenvalue weighted by molar-refractivity contribution is 0.270. The van der Waals surface area contributed by atoms with Crippen LogP contribution in [0.5, 0.6) is 0 Å². The van der Waals surface area contributed by atoms with Gasteiger partial charge in [-0.25, -0.2) is 4.98 Å². The number of anilines is 3. The van der Waals surface area contributed by atoms with Crippen molar-refractivity contribution in [1.82, 2.24) is 14.9 Å². The molecule has 1 aliphatic rings. The fourth-order valence-corrected chi connectivity index (χ4v) is 2.92. The smallest absolute Gasteiger partial charge is 0.227 e. The molecule has 0 bridgehead atoms. The van der Waals surface area contributed by atoms with Crippen LogP contribution in [0.4, 0.5) is 17.5 Å². The average Bonchev–Trinajstić information content (AvgIpc) is 2.57. The van der Waals surface area contributed by atoms with Crippen molar-refractivity contribution in [2.45, 2.75) is 6.92 Å². The number of hydrogen-bond acceptors (Lipinski definition) is 5. The first kappa shape index (κ1) is 15.2. The topological polar surface area (TPSA) is 44.3 Å². The molecular weight excluding hydrogens is 342 g/mol. The second-order valence-electron chi connectivity index (χ2n) is 5.27. The number of likely N-dealkylation sites (N-methyl/N-ethyl adjacent to an activating group) is 1. The average molecular weight is 362 g/mol. The van der Waals surface area contributed by atoms with Gasteiger partial charge >= 0.3 is 0 Å². The molecule has 116 valence electrons. The van der Waals surface area contributed by atoms with Crippen LogP contribution in [-0.4, -0.2) is 47.6 Å². The summed E-state index contributed by atoms with van der Waals surface area (Å²) in [5.74, 6) is 1.61. The number of nitrogens with zero attached hydrogens (tertiary/aromatic N) is 4. The SMILES string of the molecule is CCN1CCN(c2nccc(Nc3ccccc3Br)n2)CC1. The van der Waals surface area contributed by atoms with Gasteiger partial charge in [-0.2, -0.15) is 4.98 Å². The number of halogens is 1. The van der Waals surface area contributed by atoms with E-state index in [2.05, 4.69) is 47.9 Å². The summed E-state index contributed by atoms with van der Waals surface area (Å²) in [7, 11) is 0. The van der Waals surface area contributed by atoms with Crippen molar-refractivity contribution in [2.75, 3.05) is 42.9 Å². The van der Waals surface area contributed by atoms with E-state index < -0.39 is 0 Å². The van der Waals surface area contributed by atoms with Crippen LogP contribution in [-0.2, 0) is 0 Å². The third-order valence-corrected chi connectivity index (χ3v) is 4.57. The number of benzene rings is 1. The Morgan fingerprint density at radius 1 is 1.14 bits per heavy atom. The minimum Gasteiger partial charge on any atom is -0.339 e. The van der Waals surface area contributed by atoms with Crippen molar-refractivity contribution in [1.29, 1.82) is 0 Å². The Morgan fingerprint density at radius 2 is 1.91 bits per heavy atom. The predicted octanol–water partition coefficient (Wildman–Crippen LogP) is 3.12. The van der Waals surface area contributed by atoms with E-state index in [4.69, 9.17) is 0 Å². The lowest BCUT2D eigenvalue weighted by Gasteiger charge is -2.34. The number of nitrogens with one attached hydrogen (secondary N) is 1. The zero-order valence-electron chi connectivity index (χ0n) is 12.7. The lowest BCUT2D eigenvalue weighted by atomic mass is 10.3. The largest absolute Gasteiger partial charge is 0.339 e. The van der Waals surface area contributed by atoms with Gasteiger partial charge in [0.05, 0.1) is 5.69 Å². The minimum absolute atomic E-state index is 0.799. The number of rotatable bonds is 4. The molecule has 1 N–H and O–H groups in total. The summed E-state index contributed by atoms with van der Waals surface area (Å²) < 4.78 is 1.02. The molecule has 6 heteroatoms. The molecule has 1 fully saturated rings. The highest BCUT2D eigenvalue weighted by molar-refractivity contribution is 9.10. The van der Waals surface area contributed by atoms with E-state index in [1.807, 2.05) is 36.5 Å². The van der Waals surface area contributed by atoms with Crippen LogP contribution >= 0.6 is 15.9 Å². The van der Waals surface area contributed by atoms with Gasteiger partial charge in [0.15, 0.2) is 0 Å². The van der Waals surface area contributed by atoms with Crippen LogP contribution in [0, 0.1) is 0 Å². The van der Waals surface area contributed by atoms with Crippen molar-refractivity contribution in [2.24, 2.45) is 0 Å². The Morgan fingerprint density at radius 3 is 2.64 bits per heavy atom. The Bertz CT molecular complexity index is 625. The highest BCUT2D eigenvalue weighted by Crippen LogP contribution is 2.25. The van der Waals surface area contributed by atoms with Gasteiger partial charge in [-0.15, -0.1) is 0 Å². The Hall–Kier alpha value is -1.66. The first-order valence-corrected chi connectivity index (χ1v) is 8.37. The predicted molar refractivity (Wildman–Crippen MR) is 93.8 cm³/mol. The molecule has 0 unspecified atom stereocenters. The molecule has 2 aromatic rings. The number of piperazine rings is 1. The van der Waals surface area contributed by atoms with Crippen molar-refractivity contribution in [3.05, 3.63) is 41.0 Å². The monoisotopic (exact) mass is 361 g/mol. The van der Waals surface area contributed by atoms with Gasteiger partial charge in [0.25, 0.3) is 0 Å². The standard InChI is InChI=1S/C16H20BrN5/c1-2-21-9-11-22(12-10-21)16-18-8-7-15(20-16)19-14-6-4-3-5-13(14)17/h3-8H,2,9-12H2,1H3,(H,18,19,20). The van der Waals surface area contributed by atoms with Gasteiger partial charge in [-0.1, -0.05) is 19.1 Å². The molecular formula is C16H20BrN5. The summed E-state index contributed by atoms with van der Waals surface area (Å²) >= 11 is 3.54. The van der Waals surface area contributed by atoms with Gasteiger partial charge in [0.1, 0.15) is 5.82 Å². The van der Waals surface area contributed by atoms with Crippen LogP contribution in [0.1, 0.15) is 6.92 Å². The molecule has 0 atom stereocenters. The normalized spacial score (nSPS) is 15.8. The first-order chi connectivity index (χ1) is 10.8. The van der Waals surface area contributed by atoms with E-state index >= 15 is 0 Å². The fourth-order valence-electron chi connectivity index (χ4n) is 2.54. The summed E-state index contributed by atoms with van der Waals surface area (Å²) in [4.78, 5) is 13.8. The molecule has 0 radical (unpaired) electrons. The quantitative estimate of drug-likeness (QED) is 0.906. The van der Waals surface area contributed by atoms with Gasteiger partial charge in [0.2, 0.25) is 5.95 Å². The third-order valence-electron chi connectivity index (χ3n) is 3.88. The Kier molecular flexibility index (Phi) is 4.90. The maximum Gasteiger partial charge on any atom is 0.227 e. The van der Waals surface area contributed by atoms with Gasteiger partial charge in [-0.3, -0.25) is 0 Å². The van der Waals surface area contributed by atoms with E-state index in [-0.39, 0.29) is 0 Å². The van der Waals surface area contributed by atoms with E-state index in [0.29, 0.717) is 0 Å². The van der Waals surface area contributed by atoms with Crippen LogP contribution in [0.25, 0.3) is 0 Å². The summed E-state index contributed by atoms with van der Waals surface area (Å²) in [5, 5.41) is 3.34. The summed E-state index contributed by atoms with van der Waals surface area (Å²) in [6, 6.07) is 9.92. The van der Waals surface area contributed by atoms with Crippen LogP contribution in [0.15, 0.2) is 41.0 Å². The second-order valence-corrected chi connectivity index (χ2v) is 6.12. The molecule has 0 aliphatic carbocycles. The first-order valence-electron chi connectivity index (χ1n) is 7.58. The molecule has 1 aromatic heterocycles. The zero-order chi connectivity index (χ0) is 15.4. The highest BCUT2D eigenvalue weighted by atomic mass is 79.9. The highest BCUT2D eigenvalue weighted by Gasteiger charge is 2.17. The molecule has 1 saturated heterocycles. The van der Waals surface area contributed by atoms with Gasteiger partial charge in [-0.05, 0) is 40.7 Å². The number of aromatic nitrogens is 2. The van der Waals surface area contributed by atoms with Crippen LogP contribution in [0.3, 0.4) is 0 Å². The van der Waals surface area contributed by atoms with E-state index in [1.54, 1.807) is 0 Å². The lowest BCUT2D eigenvalue weighted by Crippen LogP contribution is -2.46. The van der Waals surface area contributed by atoms with Gasteiger partial charge < -0.3 is 15.1 Å². The molecule has 1 aromatic carbocycles. The summed E-state index contributed by atoms with van der Waals surface area (Å²) in [5.41, 5.74) is 1.00. The molecule has 0 amide bonds. The summed E-state index contributed by atoms with van der Waals surface area (Å²) in [6.45, 7) is 7.41.